The molecule has 0 saturated carbocycles. The van der Waals surface area contributed by atoms with Crippen molar-refractivity contribution in [2.75, 3.05) is 6.61 Å². The van der Waals surface area contributed by atoms with Crippen LogP contribution >= 0.6 is 0 Å². The smallest absolute Gasteiger partial charge is 0.431 e. The van der Waals surface area contributed by atoms with E-state index >= 15 is 0 Å². The number of hydrogen-bond acceptors (Lipinski definition) is 4. The van der Waals surface area contributed by atoms with E-state index in [9.17, 15) is 18.0 Å². The van der Waals surface area contributed by atoms with Crippen molar-refractivity contribution in [2.24, 2.45) is 0 Å². The largest absolute Gasteiger partial charge is 0.492 e. The Hall–Kier alpha value is -2.38. The Kier molecular flexibility index (Phi) is 3.73. The molecular formula is C12H10F3N3O2. The first-order valence-corrected chi connectivity index (χ1v) is 5.67. The van der Waals surface area contributed by atoms with Crippen molar-refractivity contribution in [3.63, 3.8) is 0 Å². The molecule has 2 aromatic heterocycles. The van der Waals surface area contributed by atoms with Gasteiger partial charge in [0.1, 0.15) is 11.4 Å². The number of rotatable bonds is 3. The van der Waals surface area contributed by atoms with E-state index < -0.39 is 17.6 Å². The molecule has 0 atom stereocenters. The average Bonchev–Trinajstić information content (AvgIpc) is 2.38. The zero-order valence-electron chi connectivity index (χ0n) is 10.4. The van der Waals surface area contributed by atoms with E-state index in [-0.39, 0.29) is 11.3 Å². The Balaban J connectivity index is 2.50. The zero-order chi connectivity index (χ0) is 14.8. The van der Waals surface area contributed by atoms with Crippen molar-refractivity contribution in [3.8, 4) is 17.0 Å². The summed E-state index contributed by atoms with van der Waals surface area (Å²) >= 11 is 0. The van der Waals surface area contributed by atoms with Crippen LogP contribution in [0.15, 0.2) is 29.3 Å². The molecule has 8 heteroatoms. The van der Waals surface area contributed by atoms with E-state index in [1.54, 1.807) is 11.9 Å². The van der Waals surface area contributed by atoms with Gasteiger partial charge in [-0.15, -0.1) is 0 Å². The maximum atomic E-state index is 12.6. The Bertz CT molecular complexity index is 667. The minimum atomic E-state index is -4.65. The fraction of sp³-hybridized carbons (Fsp3) is 0.250. The van der Waals surface area contributed by atoms with Crippen molar-refractivity contribution in [1.29, 1.82) is 0 Å². The van der Waals surface area contributed by atoms with Crippen molar-refractivity contribution in [3.05, 3.63) is 40.7 Å². The minimum absolute atomic E-state index is 0.116. The maximum absolute atomic E-state index is 12.6. The number of nitrogens with zero attached hydrogens (tertiary/aromatic N) is 2. The number of ether oxygens (including phenoxy) is 1. The highest BCUT2D eigenvalue weighted by Gasteiger charge is 2.32. The van der Waals surface area contributed by atoms with Crippen LogP contribution < -0.4 is 10.4 Å². The number of aromatic amines is 1. The number of pyridine rings is 1. The van der Waals surface area contributed by atoms with Gasteiger partial charge in [-0.3, -0.25) is 4.98 Å². The summed E-state index contributed by atoms with van der Waals surface area (Å²) in [5, 5.41) is 0. The first kappa shape index (κ1) is 14.0. The molecule has 0 spiro atoms. The highest BCUT2D eigenvalue weighted by atomic mass is 19.4. The van der Waals surface area contributed by atoms with Gasteiger partial charge in [0.05, 0.1) is 18.5 Å². The van der Waals surface area contributed by atoms with Crippen LogP contribution in [0.3, 0.4) is 0 Å². The van der Waals surface area contributed by atoms with Crippen molar-refractivity contribution in [1.82, 2.24) is 15.0 Å². The lowest BCUT2D eigenvalue weighted by Crippen LogP contribution is -2.19. The van der Waals surface area contributed by atoms with Crippen LogP contribution in [-0.2, 0) is 6.18 Å². The second-order valence-corrected chi connectivity index (χ2v) is 3.83. The van der Waals surface area contributed by atoms with E-state index in [2.05, 4.69) is 9.97 Å². The Morgan fingerprint density at radius 3 is 2.70 bits per heavy atom. The van der Waals surface area contributed by atoms with Gasteiger partial charge in [-0.25, -0.2) is 4.79 Å². The molecule has 2 aromatic rings. The van der Waals surface area contributed by atoms with E-state index in [1.807, 2.05) is 0 Å². The summed E-state index contributed by atoms with van der Waals surface area (Å²) in [4.78, 5) is 20.2. The number of nitrogens with one attached hydrogen (secondary N) is 1. The molecule has 0 bridgehead atoms. The lowest BCUT2D eigenvalue weighted by Gasteiger charge is -2.08. The van der Waals surface area contributed by atoms with Gasteiger partial charge >= 0.3 is 11.9 Å². The summed E-state index contributed by atoms with van der Waals surface area (Å²) in [7, 11) is 0. The van der Waals surface area contributed by atoms with E-state index in [1.165, 1.54) is 18.5 Å². The van der Waals surface area contributed by atoms with Gasteiger partial charge in [-0.1, -0.05) is 0 Å². The first-order valence-electron chi connectivity index (χ1n) is 5.67. The summed E-state index contributed by atoms with van der Waals surface area (Å²) in [5.74, 6) is 0.389. The number of aromatic nitrogens is 3. The van der Waals surface area contributed by atoms with Crippen LogP contribution in [0.5, 0.6) is 5.75 Å². The fourth-order valence-electron chi connectivity index (χ4n) is 1.56. The van der Waals surface area contributed by atoms with Crippen LogP contribution in [0.2, 0.25) is 0 Å². The summed E-state index contributed by atoms with van der Waals surface area (Å²) in [6.45, 7) is 2.15. The second kappa shape index (κ2) is 5.32. The van der Waals surface area contributed by atoms with Gasteiger partial charge in [0.25, 0.3) is 0 Å². The molecule has 5 nitrogen and oxygen atoms in total. The van der Waals surface area contributed by atoms with Crippen molar-refractivity contribution >= 4 is 0 Å². The summed E-state index contributed by atoms with van der Waals surface area (Å²) in [5.41, 5.74) is -2.08. The summed E-state index contributed by atoms with van der Waals surface area (Å²) < 4.78 is 43.1. The van der Waals surface area contributed by atoms with Crippen LogP contribution in [0, 0.1) is 0 Å². The number of halogens is 3. The third kappa shape index (κ3) is 3.14. The Morgan fingerprint density at radius 2 is 2.05 bits per heavy atom. The Labute approximate surface area is 111 Å². The fourth-order valence-corrected chi connectivity index (χ4v) is 1.56. The predicted molar refractivity (Wildman–Crippen MR) is 64.3 cm³/mol. The molecule has 0 fully saturated rings. The number of hydrogen-bond donors (Lipinski definition) is 1. The predicted octanol–water partition coefficient (Wildman–Crippen LogP) is 2.25. The quantitative estimate of drug-likeness (QED) is 0.939. The van der Waals surface area contributed by atoms with Crippen LogP contribution in [-0.4, -0.2) is 21.6 Å². The topological polar surface area (TPSA) is 67.9 Å². The molecule has 0 amide bonds. The zero-order valence-corrected chi connectivity index (χ0v) is 10.4. The third-order valence-electron chi connectivity index (χ3n) is 2.37. The van der Waals surface area contributed by atoms with E-state index in [0.29, 0.717) is 12.4 Å². The van der Waals surface area contributed by atoms with Gasteiger partial charge in [-0.2, -0.15) is 18.2 Å². The molecule has 0 aliphatic rings. The lowest BCUT2D eigenvalue weighted by molar-refractivity contribution is -0.141. The minimum Gasteiger partial charge on any atom is -0.492 e. The molecule has 0 aliphatic heterocycles. The van der Waals surface area contributed by atoms with Gasteiger partial charge in [0.2, 0.25) is 0 Å². The molecular weight excluding hydrogens is 275 g/mol. The number of alkyl halides is 3. The molecule has 2 heterocycles. The van der Waals surface area contributed by atoms with Gasteiger partial charge in [0.15, 0.2) is 0 Å². The average molecular weight is 285 g/mol. The highest BCUT2D eigenvalue weighted by Crippen LogP contribution is 2.29. The molecule has 0 radical (unpaired) electrons. The maximum Gasteiger partial charge on any atom is 0.431 e. The summed E-state index contributed by atoms with van der Waals surface area (Å²) in [6, 6.07) is 2.23. The summed E-state index contributed by atoms with van der Waals surface area (Å²) in [6.07, 6.45) is -1.92. The molecule has 0 unspecified atom stereocenters. The second-order valence-electron chi connectivity index (χ2n) is 3.83. The highest BCUT2D eigenvalue weighted by molar-refractivity contribution is 5.59. The molecule has 106 valence electrons. The normalized spacial score (nSPS) is 11.4. The monoisotopic (exact) mass is 285 g/mol. The van der Waals surface area contributed by atoms with Gasteiger partial charge in [0, 0.05) is 11.8 Å². The van der Waals surface area contributed by atoms with Crippen LogP contribution in [0.4, 0.5) is 13.2 Å². The van der Waals surface area contributed by atoms with E-state index in [0.717, 1.165) is 6.07 Å². The standard InChI is InChI=1S/C12H10F3N3O2/c1-2-20-8-3-7(5-16-6-8)9-4-10(12(13,14)15)18-11(19)17-9/h3-6H,2H2,1H3,(H,17,18,19). The molecule has 0 saturated heterocycles. The molecule has 2 rings (SSSR count). The molecule has 20 heavy (non-hydrogen) atoms. The van der Waals surface area contributed by atoms with Crippen molar-refractivity contribution < 1.29 is 17.9 Å². The van der Waals surface area contributed by atoms with E-state index in [4.69, 9.17) is 4.74 Å². The number of H-pyrrole nitrogens is 1. The molecule has 0 aliphatic carbocycles. The molecule has 1 N–H and O–H groups in total. The Morgan fingerprint density at radius 1 is 1.30 bits per heavy atom. The molecule has 0 aromatic carbocycles. The lowest BCUT2D eigenvalue weighted by atomic mass is 10.2. The first-order chi connectivity index (χ1) is 9.40. The van der Waals surface area contributed by atoms with Crippen LogP contribution in [0.1, 0.15) is 12.6 Å². The van der Waals surface area contributed by atoms with Gasteiger partial charge in [-0.05, 0) is 19.1 Å². The van der Waals surface area contributed by atoms with Gasteiger partial charge < -0.3 is 9.72 Å². The third-order valence-corrected chi connectivity index (χ3v) is 2.37. The van der Waals surface area contributed by atoms with Crippen molar-refractivity contribution in [2.45, 2.75) is 13.1 Å². The SMILES string of the molecule is CCOc1cncc(-c2cc(C(F)(F)F)[nH]c(=O)n2)c1. The van der Waals surface area contributed by atoms with Crippen LogP contribution in [0.25, 0.3) is 11.3 Å².